The first-order chi connectivity index (χ1) is 17.3. The van der Waals surface area contributed by atoms with E-state index in [2.05, 4.69) is 15.4 Å². The molecule has 1 aromatic rings. The Morgan fingerprint density at radius 2 is 1.81 bits per heavy atom. The fourth-order valence-corrected chi connectivity index (χ4v) is 4.13. The Balaban J connectivity index is 1.40. The van der Waals surface area contributed by atoms with Gasteiger partial charge in [0.25, 0.3) is 0 Å². The number of halogens is 6. The van der Waals surface area contributed by atoms with E-state index in [0.29, 0.717) is 25.9 Å². The van der Waals surface area contributed by atoms with Crippen LogP contribution < -0.4 is 15.8 Å². The number of hydrazine groups is 1. The molecule has 0 aliphatic carbocycles. The third-order valence-electron chi connectivity index (χ3n) is 6.16. The highest BCUT2D eigenvalue weighted by Gasteiger charge is 2.52. The molecule has 0 saturated carbocycles. The van der Waals surface area contributed by atoms with Crippen molar-refractivity contribution in [3.63, 3.8) is 0 Å². The van der Waals surface area contributed by atoms with Gasteiger partial charge in [-0.1, -0.05) is 0 Å². The van der Waals surface area contributed by atoms with Gasteiger partial charge >= 0.3 is 12.4 Å². The van der Waals surface area contributed by atoms with Crippen molar-refractivity contribution in [1.29, 1.82) is 0 Å². The number of anilines is 1. The predicted octanol–water partition coefficient (Wildman–Crippen LogP) is 1.53. The minimum Gasteiger partial charge on any atom is -0.370 e. The number of carbonyl (C=O) groups is 2. The summed E-state index contributed by atoms with van der Waals surface area (Å²) in [7, 11) is 1.60. The molecule has 2 amide bonds. The van der Waals surface area contributed by atoms with Gasteiger partial charge in [0.05, 0.1) is 24.4 Å². The van der Waals surface area contributed by atoms with E-state index in [4.69, 9.17) is 9.47 Å². The predicted molar refractivity (Wildman–Crippen MR) is 116 cm³/mol. The minimum atomic E-state index is -4.77. The average molecular weight is 542 g/mol. The van der Waals surface area contributed by atoms with Crippen molar-refractivity contribution in [2.24, 2.45) is 5.92 Å². The summed E-state index contributed by atoms with van der Waals surface area (Å²) >= 11 is 0. The van der Waals surface area contributed by atoms with Crippen LogP contribution in [0.2, 0.25) is 0 Å². The fourth-order valence-electron chi connectivity index (χ4n) is 4.13. The summed E-state index contributed by atoms with van der Waals surface area (Å²) in [6.07, 6.45) is -9.02. The summed E-state index contributed by atoms with van der Waals surface area (Å²) in [6.45, 7) is 1.63. The Hall–Kier alpha value is -2.72. The van der Waals surface area contributed by atoms with Crippen LogP contribution in [0.4, 0.5) is 32.3 Å². The molecule has 1 aromatic heterocycles. The molecule has 2 aliphatic rings. The van der Waals surface area contributed by atoms with Crippen molar-refractivity contribution in [2.75, 3.05) is 44.8 Å². The lowest BCUT2D eigenvalue weighted by Gasteiger charge is -2.36. The zero-order valence-electron chi connectivity index (χ0n) is 20.1. The molecule has 2 saturated heterocycles. The molecule has 3 atom stereocenters. The number of likely N-dealkylation sites (N-methyl/N-ethyl adjacent to an activating group) is 1. The topological polar surface area (TPSA) is 109 Å². The lowest BCUT2D eigenvalue weighted by molar-refractivity contribution is -0.219. The number of rotatable bonds is 8. The fraction of sp³-hybridized carbons (Fsp3) is 0.714. The molecule has 208 valence electrons. The molecule has 2 fully saturated rings. The first kappa shape index (κ1) is 28.8. The van der Waals surface area contributed by atoms with Gasteiger partial charge in [0.1, 0.15) is 6.61 Å². The molecule has 2 unspecified atom stereocenters. The first-order valence-corrected chi connectivity index (χ1v) is 11.5. The second-order valence-corrected chi connectivity index (χ2v) is 8.88. The maximum absolute atomic E-state index is 13.2. The van der Waals surface area contributed by atoms with Crippen LogP contribution in [-0.2, 0) is 25.2 Å². The Bertz CT molecular complexity index is 924. The van der Waals surface area contributed by atoms with E-state index >= 15 is 0 Å². The minimum absolute atomic E-state index is 0.144. The third kappa shape index (κ3) is 7.64. The molecule has 2 aliphatic heterocycles. The van der Waals surface area contributed by atoms with Crippen molar-refractivity contribution in [3.8, 4) is 0 Å². The van der Waals surface area contributed by atoms with Gasteiger partial charge in [0.2, 0.25) is 17.8 Å². The summed E-state index contributed by atoms with van der Waals surface area (Å²) in [4.78, 5) is 35.0. The van der Waals surface area contributed by atoms with Gasteiger partial charge in [0.15, 0.2) is 5.92 Å². The molecule has 3 heterocycles. The normalized spacial score (nSPS) is 22.5. The number of amides is 2. The van der Waals surface area contributed by atoms with Crippen molar-refractivity contribution in [1.82, 2.24) is 25.7 Å². The van der Waals surface area contributed by atoms with Crippen molar-refractivity contribution >= 4 is 17.8 Å². The summed E-state index contributed by atoms with van der Waals surface area (Å²) in [6, 6.07) is -0.144. The van der Waals surface area contributed by atoms with Gasteiger partial charge in [-0.15, -0.1) is 0 Å². The number of alkyl halides is 6. The van der Waals surface area contributed by atoms with Gasteiger partial charge in [0, 0.05) is 45.1 Å². The van der Waals surface area contributed by atoms with Gasteiger partial charge in [-0.3, -0.25) is 15.0 Å². The number of hydrogen-bond donors (Lipinski definition) is 2. The number of ether oxygens (including phenoxy) is 2. The largest absolute Gasteiger partial charge is 0.419 e. The number of nitrogens with zero attached hydrogens (tertiary/aromatic N) is 4. The lowest BCUT2D eigenvalue weighted by atomic mass is 9.99. The number of nitrogens with one attached hydrogen (secondary N) is 2. The molecule has 0 bridgehead atoms. The first-order valence-electron chi connectivity index (χ1n) is 11.5. The van der Waals surface area contributed by atoms with E-state index in [1.165, 1.54) is 11.8 Å². The van der Waals surface area contributed by atoms with Crippen LogP contribution in [0.1, 0.15) is 25.3 Å². The van der Waals surface area contributed by atoms with E-state index in [1.54, 1.807) is 11.9 Å². The number of aromatic nitrogens is 2. The average Bonchev–Trinajstić information content (AvgIpc) is 2.82. The Morgan fingerprint density at radius 1 is 1.19 bits per heavy atom. The maximum atomic E-state index is 13.2. The monoisotopic (exact) mass is 542 g/mol. The van der Waals surface area contributed by atoms with Gasteiger partial charge in [-0.25, -0.2) is 15.4 Å². The van der Waals surface area contributed by atoms with Crippen LogP contribution in [0.3, 0.4) is 0 Å². The summed E-state index contributed by atoms with van der Waals surface area (Å²) in [5, 5.41) is 0. The SMILES string of the molecule is C[C@@H](COCC(=O)N(C)C1CCN(c2ncc(C(F)(F)F)cn2)CC1)OC1CNNC(=O)C1C(F)(F)F. The van der Waals surface area contributed by atoms with Gasteiger partial charge in [-0.05, 0) is 19.8 Å². The molecule has 2 N–H and O–H groups in total. The molecule has 3 rings (SSSR count). The zero-order chi connectivity index (χ0) is 27.4. The summed E-state index contributed by atoms with van der Waals surface area (Å²) < 4.78 is 88.3. The molecule has 37 heavy (non-hydrogen) atoms. The molecular formula is C21H28F6N6O4. The van der Waals surface area contributed by atoms with Crippen LogP contribution in [-0.4, -0.2) is 91.0 Å². The lowest BCUT2D eigenvalue weighted by Crippen LogP contribution is -2.60. The molecule has 0 spiro atoms. The standard InChI is InChI=1S/C21H28F6N6O4/c1-12(37-15-9-30-31-18(35)17(15)21(25,26)27)10-36-11-16(34)32(2)14-3-5-33(6-4-14)19-28-7-13(8-29-19)20(22,23)24/h7-8,12,14-15,17,30H,3-6,9-11H2,1-2H3,(H,31,35)/t12-,15?,17?/m0/s1. The highest BCUT2D eigenvalue weighted by molar-refractivity contribution is 5.80. The molecule has 16 heteroatoms. The molecule has 10 nitrogen and oxygen atoms in total. The van der Waals surface area contributed by atoms with Gasteiger partial charge < -0.3 is 19.3 Å². The molecule has 0 aromatic carbocycles. The molecular weight excluding hydrogens is 514 g/mol. The van der Waals surface area contributed by atoms with Crippen LogP contribution in [0.25, 0.3) is 0 Å². The second kappa shape index (κ2) is 11.8. The Morgan fingerprint density at radius 3 is 2.38 bits per heavy atom. The number of hydrogen-bond acceptors (Lipinski definition) is 8. The highest BCUT2D eigenvalue weighted by atomic mass is 19.4. The highest BCUT2D eigenvalue weighted by Crippen LogP contribution is 2.32. The summed E-state index contributed by atoms with van der Waals surface area (Å²) in [5.41, 5.74) is 3.37. The number of carbonyl (C=O) groups excluding carboxylic acids is 2. The second-order valence-electron chi connectivity index (χ2n) is 8.88. The van der Waals surface area contributed by atoms with E-state index < -0.39 is 41.9 Å². The smallest absolute Gasteiger partial charge is 0.370 e. The third-order valence-corrected chi connectivity index (χ3v) is 6.16. The van der Waals surface area contributed by atoms with Crippen molar-refractivity contribution < 1.29 is 45.4 Å². The van der Waals surface area contributed by atoms with E-state index in [0.717, 1.165) is 12.4 Å². The zero-order valence-corrected chi connectivity index (χ0v) is 20.1. The van der Waals surface area contributed by atoms with E-state index in [9.17, 15) is 35.9 Å². The van der Waals surface area contributed by atoms with Gasteiger partial charge in [-0.2, -0.15) is 26.3 Å². The maximum Gasteiger partial charge on any atom is 0.419 e. The van der Waals surface area contributed by atoms with Crippen LogP contribution >= 0.6 is 0 Å². The van der Waals surface area contributed by atoms with Crippen molar-refractivity contribution in [2.45, 2.75) is 50.4 Å². The molecule has 0 radical (unpaired) electrons. The van der Waals surface area contributed by atoms with Crippen LogP contribution in [0.5, 0.6) is 0 Å². The number of piperidine rings is 1. The van der Waals surface area contributed by atoms with Crippen LogP contribution in [0, 0.1) is 5.92 Å². The quantitative estimate of drug-likeness (QED) is 0.477. The van der Waals surface area contributed by atoms with E-state index in [1.807, 2.05) is 5.43 Å². The Kier molecular flexibility index (Phi) is 9.18. The Labute approximate surface area is 208 Å². The summed E-state index contributed by atoms with van der Waals surface area (Å²) in [5.74, 6) is -3.72. The van der Waals surface area contributed by atoms with Crippen molar-refractivity contribution in [3.05, 3.63) is 18.0 Å². The van der Waals surface area contributed by atoms with Crippen LogP contribution in [0.15, 0.2) is 12.4 Å². The van der Waals surface area contributed by atoms with E-state index in [-0.39, 0.29) is 37.7 Å².